The van der Waals surface area contributed by atoms with Crippen LogP contribution in [-0.4, -0.2) is 42.1 Å². The maximum atomic E-state index is 13.7. The molecule has 1 saturated heterocycles. The molecule has 0 aromatic heterocycles. The molecule has 0 amide bonds. The monoisotopic (exact) mass is 445 g/mol. The molecule has 0 bridgehead atoms. The van der Waals surface area contributed by atoms with Crippen LogP contribution in [0.25, 0.3) is 5.57 Å². The first-order valence-electron chi connectivity index (χ1n) is 11.3. The van der Waals surface area contributed by atoms with Gasteiger partial charge in [0.05, 0.1) is 11.6 Å². The summed E-state index contributed by atoms with van der Waals surface area (Å²) in [4.78, 5) is 15.9. The van der Waals surface area contributed by atoms with E-state index in [9.17, 15) is 20.5 Å². The number of benzene rings is 2. The van der Waals surface area contributed by atoms with Gasteiger partial charge in [-0.15, -0.1) is 0 Å². The lowest BCUT2D eigenvalue weighted by Gasteiger charge is -2.36. The van der Waals surface area contributed by atoms with Gasteiger partial charge in [-0.1, -0.05) is 19.9 Å². The fourth-order valence-electron chi connectivity index (χ4n) is 5.42. The number of carbonyl (C=O) groups excluding carboxylic acids is 1. The van der Waals surface area contributed by atoms with Crippen molar-refractivity contribution < 1.29 is 20.0 Å². The second kappa shape index (κ2) is 7.79. The first-order valence-corrected chi connectivity index (χ1v) is 11.3. The number of Topliss-reactive ketones (excluding diaryl/α,β-unsaturated/α-hetero) is 1. The maximum Gasteiger partial charge on any atom is 0.206 e. The number of nitrogens with zero attached hydrogens (tertiary/aromatic N) is 2. The van der Waals surface area contributed by atoms with Crippen LogP contribution in [0, 0.1) is 16.5 Å². The van der Waals surface area contributed by atoms with Crippen LogP contribution in [-0.2, 0) is 11.8 Å². The molecule has 1 heterocycles. The van der Waals surface area contributed by atoms with E-state index >= 15 is 0 Å². The predicted molar refractivity (Wildman–Crippen MR) is 123 cm³/mol. The number of quaternary nitrogens is 1. The number of rotatable bonds is 3. The van der Waals surface area contributed by atoms with Gasteiger partial charge in [0.15, 0.2) is 11.5 Å². The minimum atomic E-state index is -1.10. The minimum Gasteiger partial charge on any atom is -0.595 e. The van der Waals surface area contributed by atoms with E-state index in [0.29, 0.717) is 28.9 Å². The van der Waals surface area contributed by atoms with Crippen molar-refractivity contribution in [1.82, 2.24) is 4.90 Å². The van der Waals surface area contributed by atoms with Crippen LogP contribution in [0.4, 0.5) is 5.69 Å². The van der Waals surface area contributed by atoms with E-state index in [0.717, 1.165) is 48.2 Å². The van der Waals surface area contributed by atoms with Gasteiger partial charge in [0, 0.05) is 35.7 Å². The number of ether oxygens (including phenoxy) is 1. The molecule has 0 radical (unpaired) electrons. The smallest absolute Gasteiger partial charge is 0.206 e. The van der Waals surface area contributed by atoms with Gasteiger partial charge in [0.2, 0.25) is 5.69 Å². The van der Waals surface area contributed by atoms with E-state index in [2.05, 4.69) is 31.9 Å². The van der Waals surface area contributed by atoms with E-state index in [1.807, 2.05) is 12.1 Å². The molecule has 2 aromatic carbocycles. The molecule has 7 nitrogen and oxygen atoms in total. The molecule has 3 aliphatic rings. The van der Waals surface area contributed by atoms with Crippen LogP contribution in [0.2, 0.25) is 0 Å². The Hall–Kier alpha value is -3.02. The summed E-state index contributed by atoms with van der Waals surface area (Å²) in [6, 6.07) is 10.9. The van der Waals surface area contributed by atoms with E-state index in [4.69, 9.17) is 4.74 Å². The zero-order valence-electron chi connectivity index (χ0n) is 19.1. The molecular formula is C26H27N3O4. The molecule has 7 heteroatoms. The summed E-state index contributed by atoms with van der Waals surface area (Å²) in [6.45, 7) is 5.96. The Balaban J connectivity index is 1.59. The highest BCUT2D eigenvalue weighted by molar-refractivity contribution is 6.33. The van der Waals surface area contributed by atoms with Crippen LogP contribution in [0.15, 0.2) is 35.9 Å². The topological polar surface area (TPSA) is 101 Å². The van der Waals surface area contributed by atoms with Crippen LogP contribution in [0.3, 0.4) is 0 Å². The fraction of sp³-hybridized carbons (Fsp3) is 0.385. The first kappa shape index (κ1) is 21.8. The molecule has 2 aliphatic carbocycles. The first-order chi connectivity index (χ1) is 15.7. The van der Waals surface area contributed by atoms with Gasteiger partial charge in [-0.2, -0.15) is 10.5 Å². The van der Waals surface area contributed by atoms with Gasteiger partial charge < -0.3 is 14.8 Å². The lowest BCUT2D eigenvalue weighted by molar-refractivity contribution is -0.991. The van der Waals surface area contributed by atoms with Crippen LogP contribution < -0.4 is 9.96 Å². The SMILES string of the molecule is CN1CCC(Oc2cc3c(cc2[NH+]([O-])O)C(=O)C2=C(Cc4cc(C#N)ccc42)C3(C)C)CC1. The Kier molecular flexibility index (Phi) is 5.15. The van der Waals surface area contributed by atoms with Crippen LogP contribution in [0.1, 0.15) is 59.3 Å². The van der Waals surface area contributed by atoms with Crippen molar-refractivity contribution >= 4 is 17.0 Å². The van der Waals surface area contributed by atoms with Gasteiger partial charge in [-0.25, -0.2) is 5.21 Å². The molecular weight excluding hydrogens is 418 g/mol. The summed E-state index contributed by atoms with van der Waals surface area (Å²) in [5, 5.41) is 30.2. The maximum absolute atomic E-state index is 13.7. The molecule has 33 heavy (non-hydrogen) atoms. The summed E-state index contributed by atoms with van der Waals surface area (Å²) < 4.78 is 6.22. The van der Waals surface area contributed by atoms with E-state index in [1.54, 1.807) is 12.1 Å². The molecule has 170 valence electrons. The average Bonchev–Trinajstić information content (AvgIpc) is 3.19. The zero-order chi connectivity index (χ0) is 23.5. The number of allylic oxidation sites excluding steroid dienone is 2. The summed E-state index contributed by atoms with van der Waals surface area (Å²) in [5.41, 5.74) is 4.80. The predicted octanol–water partition coefficient (Wildman–Crippen LogP) is 2.92. The second-order valence-corrected chi connectivity index (χ2v) is 9.79. The third-order valence-electron chi connectivity index (χ3n) is 7.38. The Morgan fingerprint density at radius 3 is 2.61 bits per heavy atom. The molecule has 1 aliphatic heterocycles. The van der Waals surface area contributed by atoms with Crippen molar-refractivity contribution in [3.8, 4) is 11.8 Å². The molecule has 1 unspecified atom stereocenters. The second-order valence-electron chi connectivity index (χ2n) is 9.79. The van der Waals surface area contributed by atoms with Gasteiger partial charge in [-0.3, -0.25) is 4.79 Å². The third-order valence-corrected chi connectivity index (χ3v) is 7.38. The normalized spacial score (nSPS) is 20.7. The number of hydrogen-bond acceptors (Lipinski definition) is 6. The Labute approximate surface area is 193 Å². The molecule has 1 atom stereocenters. The Morgan fingerprint density at radius 1 is 1.21 bits per heavy atom. The Morgan fingerprint density at radius 2 is 1.94 bits per heavy atom. The molecule has 2 aromatic rings. The fourth-order valence-corrected chi connectivity index (χ4v) is 5.42. The molecule has 0 spiro atoms. The van der Waals surface area contributed by atoms with Crippen molar-refractivity contribution in [2.45, 2.75) is 44.6 Å². The van der Waals surface area contributed by atoms with Gasteiger partial charge in [-0.05, 0) is 66.8 Å². The van der Waals surface area contributed by atoms with E-state index in [1.165, 1.54) is 6.07 Å². The number of fused-ring (bicyclic) bond motifs is 3. The number of nitrogens with one attached hydrogen (secondary N) is 1. The number of nitriles is 1. The summed E-state index contributed by atoms with van der Waals surface area (Å²) >= 11 is 0. The summed E-state index contributed by atoms with van der Waals surface area (Å²) in [6.07, 6.45) is 2.22. The van der Waals surface area contributed by atoms with Gasteiger partial charge in [0.1, 0.15) is 6.10 Å². The number of ketones is 1. The van der Waals surface area contributed by atoms with E-state index in [-0.39, 0.29) is 17.6 Å². The largest absolute Gasteiger partial charge is 0.595 e. The number of likely N-dealkylation sites (tertiary alicyclic amines) is 1. The van der Waals surface area contributed by atoms with Gasteiger partial charge >= 0.3 is 0 Å². The highest BCUT2D eigenvalue weighted by Gasteiger charge is 2.44. The number of hydrogen-bond donors (Lipinski definition) is 2. The number of carbonyl (C=O) groups is 1. The lowest BCUT2D eigenvalue weighted by Crippen LogP contribution is -2.99. The highest BCUT2D eigenvalue weighted by atomic mass is 16.8. The molecule has 1 fully saturated rings. The average molecular weight is 446 g/mol. The minimum absolute atomic E-state index is 0.0268. The van der Waals surface area contributed by atoms with E-state index < -0.39 is 10.6 Å². The summed E-state index contributed by atoms with van der Waals surface area (Å²) in [5.74, 6) is 0.180. The molecule has 2 N–H and O–H groups in total. The van der Waals surface area contributed by atoms with Crippen molar-refractivity contribution in [1.29, 1.82) is 5.26 Å². The lowest BCUT2D eigenvalue weighted by atomic mass is 9.68. The third kappa shape index (κ3) is 3.47. The van der Waals surface area contributed by atoms with Crippen molar-refractivity contribution in [2.24, 2.45) is 0 Å². The summed E-state index contributed by atoms with van der Waals surface area (Å²) in [7, 11) is 2.07. The highest BCUT2D eigenvalue weighted by Crippen LogP contribution is 2.51. The van der Waals surface area contributed by atoms with Crippen molar-refractivity contribution in [3.05, 3.63) is 68.9 Å². The van der Waals surface area contributed by atoms with Crippen molar-refractivity contribution in [3.63, 3.8) is 0 Å². The van der Waals surface area contributed by atoms with Gasteiger partial charge in [0.25, 0.3) is 0 Å². The Bertz CT molecular complexity index is 1230. The van der Waals surface area contributed by atoms with Crippen LogP contribution >= 0.6 is 0 Å². The zero-order valence-corrected chi connectivity index (χ0v) is 19.1. The van der Waals surface area contributed by atoms with Crippen LogP contribution in [0.5, 0.6) is 5.75 Å². The van der Waals surface area contributed by atoms with Crippen molar-refractivity contribution in [2.75, 3.05) is 20.1 Å². The molecule has 5 rings (SSSR count). The standard InChI is InChI=1S/C26H27N3O4/c1-26(2)20-13-23(33-17-6-8-28(3)9-7-17)22(29(31)32)12-19(20)25(30)24-18-5-4-15(14-27)10-16(18)11-21(24)26/h4-5,10,12-13,17,29,31H,6-9,11H2,1-3H3. The molecule has 0 saturated carbocycles. The number of piperidine rings is 1. The quantitative estimate of drug-likeness (QED) is 0.705.